The van der Waals surface area contributed by atoms with Crippen LogP contribution in [0.25, 0.3) is 0 Å². The number of hydrogen-bond donors (Lipinski definition) is 2. The summed E-state index contributed by atoms with van der Waals surface area (Å²) in [6, 6.07) is 1.63. The molecule has 0 radical (unpaired) electrons. The number of halogens is 1. The molecule has 24 heavy (non-hydrogen) atoms. The van der Waals surface area contributed by atoms with E-state index in [1.54, 1.807) is 24.8 Å². The van der Waals surface area contributed by atoms with Crippen molar-refractivity contribution in [1.82, 2.24) is 25.1 Å². The Labute approximate surface area is 137 Å². The molecule has 128 valence electrons. The first-order valence-electron chi connectivity index (χ1n) is 7.80. The maximum atomic E-state index is 13.8. The largest absolute Gasteiger partial charge is 0.339 e. The van der Waals surface area contributed by atoms with Gasteiger partial charge in [-0.1, -0.05) is 13.8 Å². The lowest BCUT2D eigenvalue weighted by molar-refractivity contribution is 0.0740. The standard InChI is InChI=1S/C15H19FN6O2/c1-9(2)12-11(16)13(23)19-15(18-12)22-7-5-21(6-8-22)14(24)10-3-4-17-20-10/h3-4,9H,5-8H2,1-2H3,(H,17,20)(H,18,19,23). The van der Waals surface area contributed by atoms with Crippen LogP contribution in [0.4, 0.5) is 10.3 Å². The zero-order valence-electron chi connectivity index (χ0n) is 13.5. The molecule has 3 heterocycles. The molecule has 2 aromatic rings. The van der Waals surface area contributed by atoms with Crippen LogP contribution in [0.15, 0.2) is 17.1 Å². The Kier molecular flexibility index (Phi) is 4.32. The second-order valence-electron chi connectivity index (χ2n) is 5.99. The Morgan fingerprint density at radius 2 is 2.00 bits per heavy atom. The molecule has 1 amide bonds. The van der Waals surface area contributed by atoms with Crippen molar-refractivity contribution in [2.24, 2.45) is 0 Å². The van der Waals surface area contributed by atoms with Crippen molar-refractivity contribution in [2.45, 2.75) is 19.8 Å². The number of nitrogens with one attached hydrogen (secondary N) is 2. The van der Waals surface area contributed by atoms with E-state index in [1.807, 2.05) is 4.90 Å². The Bertz CT molecular complexity index is 778. The monoisotopic (exact) mass is 334 g/mol. The highest BCUT2D eigenvalue weighted by molar-refractivity contribution is 5.92. The molecule has 0 aromatic carbocycles. The number of nitrogens with zero attached hydrogens (tertiary/aromatic N) is 4. The predicted molar refractivity (Wildman–Crippen MR) is 85.6 cm³/mol. The number of rotatable bonds is 3. The molecular weight excluding hydrogens is 315 g/mol. The number of aromatic nitrogens is 4. The van der Waals surface area contributed by atoms with Crippen molar-refractivity contribution in [3.63, 3.8) is 0 Å². The molecule has 8 nitrogen and oxygen atoms in total. The molecule has 2 aromatic heterocycles. The zero-order chi connectivity index (χ0) is 17.3. The SMILES string of the molecule is CC(C)c1nc(N2CCN(C(=O)c3ccn[nH]3)CC2)[nH]c(=O)c1F. The minimum Gasteiger partial charge on any atom is -0.339 e. The molecule has 0 atom stereocenters. The Morgan fingerprint density at radius 3 is 2.58 bits per heavy atom. The van der Waals surface area contributed by atoms with Crippen LogP contribution in [0, 0.1) is 5.82 Å². The smallest absolute Gasteiger partial charge is 0.288 e. The third kappa shape index (κ3) is 3.01. The fraction of sp³-hybridized carbons (Fsp3) is 0.467. The molecule has 1 saturated heterocycles. The van der Waals surface area contributed by atoms with Crippen LogP contribution in [-0.4, -0.2) is 57.2 Å². The summed E-state index contributed by atoms with van der Waals surface area (Å²) in [6.07, 6.45) is 1.53. The Morgan fingerprint density at radius 1 is 1.29 bits per heavy atom. The highest BCUT2D eigenvalue weighted by Gasteiger charge is 2.25. The molecule has 9 heteroatoms. The Hall–Kier alpha value is -2.71. The fourth-order valence-corrected chi connectivity index (χ4v) is 2.66. The molecule has 0 bridgehead atoms. The fourth-order valence-electron chi connectivity index (χ4n) is 2.66. The van der Waals surface area contributed by atoms with Crippen LogP contribution >= 0.6 is 0 Å². The summed E-state index contributed by atoms with van der Waals surface area (Å²) in [5.74, 6) is -0.787. The Balaban J connectivity index is 1.73. The molecule has 2 N–H and O–H groups in total. The summed E-state index contributed by atoms with van der Waals surface area (Å²) in [7, 11) is 0. The van der Waals surface area contributed by atoms with Crippen molar-refractivity contribution in [1.29, 1.82) is 0 Å². The molecule has 3 rings (SSSR count). The van der Waals surface area contributed by atoms with Gasteiger partial charge in [-0.05, 0) is 12.0 Å². The first-order chi connectivity index (χ1) is 11.5. The van der Waals surface area contributed by atoms with E-state index in [1.165, 1.54) is 6.20 Å². The quantitative estimate of drug-likeness (QED) is 0.862. The summed E-state index contributed by atoms with van der Waals surface area (Å²) in [6.45, 7) is 5.55. The van der Waals surface area contributed by atoms with E-state index < -0.39 is 11.4 Å². The van der Waals surface area contributed by atoms with Crippen molar-refractivity contribution >= 4 is 11.9 Å². The van der Waals surface area contributed by atoms with Gasteiger partial charge in [0, 0.05) is 32.4 Å². The molecular formula is C15H19FN6O2. The number of amides is 1. The van der Waals surface area contributed by atoms with Gasteiger partial charge in [0.15, 0.2) is 0 Å². The zero-order valence-corrected chi connectivity index (χ0v) is 13.5. The molecule has 0 saturated carbocycles. The summed E-state index contributed by atoms with van der Waals surface area (Å²) in [4.78, 5) is 34.3. The van der Waals surface area contributed by atoms with Gasteiger partial charge in [-0.3, -0.25) is 19.7 Å². The van der Waals surface area contributed by atoms with E-state index in [4.69, 9.17) is 0 Å². The van der Waals surface area contributed by atoms with E-state index in [0.29, 0.717) is 37.8 Å². The summed E-state index contributed by atoms with van der Waals surface area (Å²) >= 11 is 0. The number of piperazine rings is 1. The van der Waals surface area contributed by atoms with E-state index in [2.05, 4.69) is 20.2 Å². The first-order valence-corrected chi connectivity index (χ1v) is 7.80. The number of hydrogen-bond acceptors (Lipinski definition) is 5. The van der Waals surface area contributed by atoms with Gasteiger partial charge in [0.25, 0.3) is 11.5 Å². The summed E-state index contributed by atoms with van der Waals surface area (Å²) in [5, 5.41) is 6.43. The van der Waals surface area contributed by atoms with Gasteiger partial charge < -0.3 is 9.80 Å². The molecule has 1 fully saturated rings. The molecule has 0 unspecified atom stereocenters. The lowest BCUT2D eigenvalue weighted by atomic mass is 10.1. The number of anilines is 1. The van der Waals surface area contributed by atoms with Gasteiger partial charge >= 0.3 is 0 Å². The second-order valence-corrected chi connectivity index (χ2v) is 5.99. The van der Waals surface area contributed by atoms with Crippen molar-refractivity contribution in [2.75, 3.05) is 31.1 Å². The number of H-pyrrole nitrogens is 2. The maximum absolute atomic E-state index is 13.8. The predicted octanol–water partition coefficient (Wildman–Crippen LogP) is 0.718. The molecule has 0 aliphatic carbocycles. The van der Waals surface area contributed by atoms with Crippen LogP contribution in [0.2, 0.25) is 0 Å². The summed E-state index contributed by atoms with van der Waals surface area (Å²) < 4.78 is 13.8. The highest BCUT2D eigenvalue weighted by Crippen LogP contribution is 2.17. The topological polar surface area (TPSA) is 98.0 Å². The first kappa shape index (κ1) is 16.2. The molecule has 1 aliphatic heterocycles. The normalized spacial score (nSPS) is 15.2. The van der Waals surface area contributed by atoms with Crippen molar-refractivity contribution in [3.05, 3.63) is 39.8 Å². The van der Waals surface area contributed by atoms with Crippen LogP contribution in [0.3, 0.4) is 0 Å². The van der Waals surface area contributed by atoms with Crippen LogP contribution in [-0.2, 0) is 0 Å². The second kappa shape index (κ2) is 6.42. The van der Waals surface area contributed by atoms with E-state index in [9.17, 15) is 14.0 Å². The van der Waals surface area contributed by atoms with Gasteiger partial charge in [-0.15, -0.1) is 0 Å². The maximum Gasteiger partial charge on any atom is 0.288 e. The molecule has 0 spiro atoms. The number of carbonyl (C=O) groups is 1. The van der Waals surface area contributed by atoms with E-state index >= 15 is 0 Å². The van der Waals surface area contributed by atoms with Gasteiger partial charge in [0.1, 0.15) is 5.69 Å². The average molecular weight is 334 g/mol. The van der Waals surface area contributed by atoms with Crippen LogP contribution < -0.4 is 10.5 Å². The number of carbonyl (C=O) groups excluding carboxylic acids is 1. The van der Waals surface area contributed by atoms with Crippen molar-refractivity contribution in [3.8, 4) is 0 Å². The van der Waals surface area contributed by atoms with Gasteiger partial charge in [0.2, 0.25) is 11.8 Å². The summed E-state index contributed by atoms with van der Waals surface area (Å²) in [5.41, 5.74) is -0.164. The van der Waals surface area contributed by atoms with E-state index in [0.717, 1.165) is 0 Å². The van der Waals surface area contributed by atoms with Gasteiger partial charge in [0.05, 0.1) is 5.69 Å². The highest BCUT2D eigenvalue weighted by atomic mass is 19.1. The van der Waals surface area contributed by atoms with Crippen LogP contribution in [0.1, 0.15) is 35.9 Å². The lowest BCUT2D eigenvalue weighted by Gasteiger charge is -2.34. The van der Waals surface area contributed by atoms with Crippen LogP contribution in [0.5, 0.6) is 0 Å². The lowest BCUT2D eigenvalue weighted by Crippen LogP contribution is -2.49. The third-order valence-corrected chi connectivity index (χ3v) is 4.02. The van der Waals surface area contributed by atoms with E-state index in [-0.39, 0.29) is 17.5 Å². The third-order valence-electron chi connectivity index (χ3n) is 4.02. The average Bonchev–Trinajstić information content (AvgIpc) is 3.11. The minimum absolute atomic E-state index is 0.115. The van der Waals surface area contributed by atoms with Gasteiger partial charge in [-0.2, -0.15) is 9.49 Å². The van der Waals surface area contributed by atoms with Gasteiger partial charge in [-0.25, -0.2) is 4.98 Å². The number of aromatic amines is 2. The van der Waals surface area contributed by atoms with Crippen molar-refractivity contribution < 1.29 is 9.18 Å². The molecule has 1 aliphatic rings. The minimum atomic E-state index is -0.832.